The summed E-state index contributed by atoms with van der Waals surface area (Å²) in [5.74, 6) is 3.06. The Bertz CT molecular complexity index is 666. The van der Waals surface area contributed by atoms with E-state index in [1.807, 2.05) is 37.3 Å². The van der Waals surface area contributed by atoms with Crippen molar-refractivity contribution in [2.75, 3.05) is 19.7 Å². The summed E-state index contributed by atoms with van der Waals surface area (Å²) >= 11 is 0. The molecule has 2 N–H and O–H groups in total. The molecule has 0 saturated carbocycles. The number of aliphatic imine (C=N–C) groups is 1. The molecule has 0 aliphatic heterocycles. The molecule has 0 aliphatic rings. The third kappa shape index (κ3) is 7.63. The molecule has 0 unspecified atom stereocenters. The van der Waals surface area contributed by atoms with Crippen molar-refractivity contribution in [1.29, 1.82) is 0 Å². The molecule has 0 radical (unpaired) electrons. The minimum Gasteiger partial charge on any atom is -0.492 e. The van der Waals surface area contributed by atoms with Crippen LogP contribution < -0.4 is 15.4 Å². The maximum absolute atomic E-state index is 5.76. The topological polar surface area (TPSA) is 71.7 Å². The molecular weight excluding hydrogens is 443 g/mol. The Balaban J connectivity index is 0.00000338. The van der Waals surface area contributed by atoms with Gasteiger partial charge in [-0.25, -0.2) is 9.98 Å². The number of nitrogens with one attached hydrogen (secondary N) is 2. The first-order chi connectivity index (χ1) is 12.0. The van der Waals surface area contributed by atoms with Crippen LogP contribution in [0.25, 0.3) is 0 Å². The highest BCUT2D eigenvalue weighted by Gasteiger charge is 2.18. The lowest BCUT2D eigenvalue weighted by atomic mass is 9.94. The normalized spacial score (nSPS) is 11.6. The molecule has 0 spiro atoms. The first kappa shape index (κ1) is 22.3. The van der Waals surface area contributed by atoms with Crippen LogP contribution in [0.1, 0.15) is 39.3 Å². The van der Waals surface area contributed by atoms with Crippen molar-refractivity contribution in [2.24, 2.45) is 4.99 Å². The number of hydrogen-bond donors (Lipinski definition) is 2. The van der Waals surface area contributed by atoms with E-state index >= 15 is 0 Å². The van der Waals surface area contributed by atoms with Crippen molar-refractivity contribution in [3.8, 4) is 5.75 Å². The van der Waals surface area contributed by atoms with Gasteiger partial charge in [-0.05, 0) is 19.1 Å². The molecule has 2 aromatic rings. The second-order valence-corrected chi connectivity index (χ2v) is 6.65. The quantitative estimate of drug-likeness (QED) is 0.278. The van der Waals surface area contributed by atoms with Crippen LogP contribution in [0.15, 0.2) is 45.9 Å². The number of hydrogen-bond acceptors (Lipinski definition) is 4. The second-order valence-electron chi connectivity index (χ2n) is 6.65. The Morgan fingerprint density at radius 3 is 2.54 bits per heavy atom. The Morgan fingerprint density at radius 2 is 1.92 bits per heavy atom. The van der Waals surface area contributed by atoms with E-state index in [0.29, 0.717) is 25.6 Å². The van der Waals surface area contributed by atoms with Crippen molar-refractivity contribution in [1.82, 2.24) is 15.6 Å². The van der Waals surface area contributed by atoms with Gasteiger partial charge >= 0.3 is 0 Å². The average Bonchev–Trinajstić information content (AvgIpc) is 3.07. The van der Waals surface area contributed by atoms with Crippen LogP contribution in [0.5, 0.6) is 5.75 Å². The molecule has 26 heavy (non-hydrogen) atoms. The van der Waals surface area contributed by atoms with Gasteiger partial charge in [0.05, 0.1) is 12.7 Å². The van der Waals surface area contributed by atoms with E-state index in [0.717, 1.165) is 24.0 Å². The van der Waals surface area contributed by atoms with Gasteiger partial charge in [-0.15, -0.1) is 24.0 Å². The number of oxazole rings is 1. The van der Waals surface area contributed by atoms with E-state index in [4.69, 9.17) is 9.15 Å². The fraction of sp³-hybridized carbons (Fsp3) is 0.474. The average molecular weight is 472 g/mol. The van der Waals surface area contributed by atoms with Gasteiger partial charge in [-0.2, -0.15) is 0 Å². The van der Waals surface area contributed by atoms with Crippen molar-refractivity contribution >= 4 is 29.9 Å². The molecule has 7 heteroatoms. The molecule has 0 amide bonds. The molecule has 6 nitrogen and oxygen atoms in total. The smallest absolute Gasteiger partial charge is 0.216 e. The van der Waals surface area contributed by atoms with Crippen molar-refractivity contribution in [2.45, 2.75) is 39.7 Å². The largest absolute Gasteiger partial charge is 0.492 e. The monoisotopic (exact) mass is 472 g/mol. The molecule has 144 valence electrons. The third-order valence-electron chi connectivity index (χ3n) is 3.42. The Morgan fingerprint density at radius 1 is 1.19 bits per heavy atom. The summed E-state index contributed by atoms with van der Waals surface area (Å²) in [6.07, 6.45) is 1.78. The first-order valence-electron chi connectivity index (χ1n) is 8.64. The maximum Gasteiger partial charge on any atom is 0.216 e. The second kappa shape index (κ2) is 11.1. The molecule has 1 aromatic heterocycles. The van der Waals surface area contributed by atoms with Crippen LogP contribution in [0.2, 0.25) is 0 Å². The summed E-state index contributed by atoms with van der Waals surface area (Å²) in [6, 6.07) is 9.76. The summed E-state index contributed by atoms with van der Waals surface area (Å²) < 4.78 is 11.4. The van der Waals surface area contributed by atoms with Crippen LogP contribution in [-0.2, 0) is 12.0 Å². The number of guanidine groups is 1. The molecule has 1 heterocycles. The van der Waals surface area contributed by atoms with Crippen LogP contribution in [0.3, 0.4) is 0 Å². The number of para-hydroxylation sites is 1. The molecule has 0 fully saturated rings. The van der Waals surface area contributed by atoms with Gasteiger partial charge in [0.25, 0.3) is 0 Å². The van der Waals surface area contributed by atoms with Gasteiger partial charge in [-0.3, -0.25) is 0 Å². The number of rotatable bonds is 7. The zero-order valence-corrected chi connectivity index (χ0v) is 18.2. The number of nitrogens with zero attached hydrogens (tertiary/aromatic N) is 2. The third-order valence-corrected chi connectivity index (χ3v) is 3.42. The number of ether oxygens (including phenoxy) is 1. The Kier molecular flexibility index (Phi) is 9.47. The van der Waals surface area contributed by atoms with E-state index in [1.165, 1.54) is 0 Å². The van der Waals surface area contributed by atoms with Gasteiger partial charge in [0.2, 0.25) is 5.89 Å². The summed E-state index contributed by atoms with van der Waals surface area (Å²) in [7, 11) is 0. The zero-order chi connectivity index (χ0) is 18.1. The summed E-state index contributed by atoms with van der Waals surface area (Å²) in [6.45, 7) is 10.7. The van der Waals surface area contributed by atoms with E-state index in [-0.39, 0.29) is 29.4 Å². The molecule has 1 aromatic carbocycles. The highest BCUT2D eigenvalue weighted by Crippen LogP contribution is 2.22. The predicted octanol–water partition coefficient (Wildman–Crippen LogP) is 3.72. The maximum atomic E-state index is 5.76. The highest BCUT2D eigenvalue weighted by molar-refractivity contribution is 14.0. The van der Waals surface area contributed by atoms with E-state index < -0.39 is 0 Å². The van der Waals surface area contributed by atoms with Crippen molar-refractivity contribution in [3.05, 3.63) is 48.2 Å². The molecule has 0 bridgehead atoms. The standard InChI is InChI=1S/C19H28N4O2.HI/c1-5-20-18(21-11-12-24-15-9-7-6-8-10-15)23-14-17-22-13-16(25-17)19(2,3)4;/h6-10,13H,5,11-12,14H2,1-4H3,(H2,20,21,23);1H. The lowest BCUT2D eigenvalue weighted by Gasteiger charge is -2.13. The van der Waals surface area contributed by atoms with Crippen LogP contribution in [-0.4, -0.2) is 30.6 Å². The van der Waals surface area contributed by atoms with Crippen LogP contribution in [0.4, 0.5) is 0 Å². The number of benzene rings is 1. The highest BCUT2D eigenvalue weighted by atomic mass is 127. The molecule has 0 saturated heterocycles. The predicted molar refractivity (Wildman–Crippen MR) is 115 cm³/mol. The first-order valence-corrected chi connectivity index (χ1v) is 8.64. The lowest BCUT2D eigenvalue weighted by Crippen LogP contribution is -2.39. The van der Waals surface area contributed by atoms with Gasteiger partial charge < -0.3 is 19.8 Å². The summed E-state index contributed by atoms with van der Waals surface area (Å²) in [5, 5.41) is 6.45. The Labute approximate surface area is 172 Å². The Hall–Kier alpha value is -1.77. The van der Waals surface area contributed by atoms with E-state index in [2.05, 4.69) is 41.4 Å². The number of halogens is 1. The molecule has 2 rings (SSSR count). The molecular formula is C19H29IN4O2. The molecule has 0 atom stereocenters. The molecule has 0 aliphatic carbocycles. The fourth-order valence-corrected chi connectivity index (χ4v) is 2.07. The van der Waals surface area contributed by atoms with Crippen LogP contribution >= 0.6 is 24.0 Å². The zero-order valence-electron chi connectivity index (χ0n) is 15.9. The van der Waals surface area contributed by atoms with Gasteiger partial charge in [0.1, 0.15) is 24.7 Å². The van der Waals surface area contributed by atoms with Crippen LogP contribution in [0, 0.1) is 0 Å². The van der Waals surface area contributed by atoms with Gasteiger partial charge in [-0.1, -0.05) is 39.0 Å². The van der Waals surface area contributed by atoms with Crippen molar-refractivity contribution < 1.29 is 9.15 Å². The van der Waals surface area contributed by atoms with Gasteiger partial charge in [0.15, 0.2) is 5.96 Å². The summed E-state index contributed by atoms with van der Waals surface area (Å²) in [4.78, 5) is 8.80. The van der Waals surface area contributed by atoms with E-state index in [1.54, 1.807) is 6.20 Å². The number of aromatic nitrogens is 1. The van der Waals surface area contributed by atoms with Crippen molar-refractivity contribution in [3.63, 3.8) is 0 Å². The fourth-order valence-electron chi connectivity index (χ4n) is 2.07. The van der Waals surface area contributed by atoms with E-state index in [9.17, 15) is 0 Å². The lowest BCUT2D eigenvalue weighted by molar-refractivity contribution is 0.322. The minimum absolute atomic E-state index is 0. The minimum atomic E-state index is -0.0491. The van der Waals surface area contributed by atoms with Gasteiger partial charge in [0, 0.05) is 12.0 Å². The summed E-state index contributed by atoms with van der Waals surface area (Å²) in [5.41, 5.74) is -0.0491. The SMILES string of the molecule is CCNC(=NCc1ncc(C(C)(C)C)o1)NCCOc1ccccc1.I.